The molecule has 18 heavy (non-hydrogen) atoms. The van der Waals surface area contributed by atoms with Gasteiger partial charge >= 0.3 is 0 Å². The van der Waals surface area contributed by atoms with Crippen molar-refractivity contribution >= 4 is 17.5 Å². The molecule has 0 heterocycles. The van der Waals surface area contributed by atoms with Gasteiger partial charge in [-0.1, -0.05) is 18.2 Å². The summed E-state index contributed by atoms with van der Waals surface area (Å²) in [5.74, 6) is 1.46. The molecule has 1 aromatic rings. The molecule has 0 unspecified atom stereocenters. The molecule has 0 atom stereocenters. The first-order valence-electron chi connectivity index (χ1n) is 6.17. The largest absolute Gasteiger partial charge is 0.491 e. The van der Waals surface area contributed by atoms with E-state index in [9.17, 15) is 4.79 Å². The molecule has 0 bridgehead atoms. The number of para-hydroxylation sites is 1. The van der Waals surface area contributed by atoms with Crippen molar-refractivity contribution in [2.24, 2.45) is 0 Å². The molecule has 4 heteroatoms. The van der Waals surface area contributed by atoms with Crippen LogP contribution in [0.1, 0.15) is 24.0 Å². The Morgan fingerprint density at radius 2 is 2.00 bits per heavy atom. The van der Waals surface area contributed by atoms with Crippen molar-refractivity contribution in [3.05, 3.63) is 29.3 Å². The molecule has 0 aliphatic heterocycles. The first kappa shape index (κ1) is 14.8. The maximum absolute atomic E-state index is 11.3. The molecule has 1 aromatic carbocycles. The van der Waals surface area contributed by atoms with Gasteiger partial charge in [-0.05, 0) is 31.4 Å². The zero-order valence-corrected chi connectivity index (χ0v) is 11.7. The van der Waals surface area contributed by atoms with Crippen LogP contribution in [0.4, 0.5) is 0 Å². The lowest BCUT2D eigenvalue weighted by molar-refractivity contribution is -0.121. The van der Waals surface area contributed by atoms with Crippen LogP contribution < -0.4 is 10.1 Å². The highest BCUT2D eigenvalue weighted by molar-refractivity contribution is 6.17. The van der Waals surface area contributed by atoms with E-state index in [-0.39, 0.29) is 5.91 Å². The first-order chi connectivity index (χ1) is 8.65. The number of rotatable bonds is 7. The zero-order valence-electron chi connectivity index (χ0n) is 11.0. The monoisotopic (exact) mass is 269 g/mol. The average molecular weight is 270 g/mol. The molecule has 1 amide bonds. The van der Waals surface area contributed by atoms with E-state index in [2.05, 4.69) is 5.32 Å². The summed E-state index contributed by atoms with van der Waals surface area (Å²) in [5.41, 5.74) is 2.23. The number of benzene rings is 1. The standard InChI is InChI=1S/C14H20ClNO2/c1-11-5-3-6-12(2)14(11)18-10-9-16-13(17)7-4-8-15/h3,5-6H,4,7-10H2,1-2H3,(H,16,17). The molecule has 0 saturated carbocycles. The number of halogens is 1. The third-order valence-corrected chi connectivity index (χ3v) is 2.88. The van der Waals surface area contributed by atoms with E-state index in [0.717, 1.165) is 16.9 Å². The van der Waals surface area contributed by atoms with Crippen LogP contribution in [0.3, 0.4) is 0 Å². The quantitative estimate of drug-likeness (QED) is 0.611. The van der Waals surface area contributed by atoms with Crippen molar-refractivity contribution in [1.82, 2.24) is 5.32 Å². The number of hydrogen-bond donors (Lipinski definition) is 1. The summed E-state index contributed by atoms with van der Waals surface area (Å²) >= 11 is 5.52. The van der Waals surface area contributed by atoms with Gasteiger partial charge in [0.2, 0.25) is 5.91 Å². The summed E-state index contributed by atoms with van der Waals surface area (Å²) in [7, 11) is 0. The van der Waals surface area contributed by atoms with Crippen molar-refractivity contribution < 1.29 is 9.53 Å². The van der Waals surface area contributed by atoms with E-state index in [4.69, 9.17) is 16.3 Å². The van der Waals surface area contributed by atoms with Crippen LogP contribution in [0.25, 0.3) is 0 Å². The Morgan fingerprint density at radius 3 is 2.61 bits per heavy atom. The Kier molecular flexibility index (Phi) is 6.58. The van der Waals surface area contributed by atoms with Gasteiger partial charge in [0.15, 0.2) is 0 Å². The minimum atomic E-state index is 0.0285. The topological polar surface area (TPSA) is 38.3 Å². The van der Waals surface area contributed by atoms with E-state index >= 15 is 0 Å². The van der Waals surface area contributed by atoms with Crippen LogP contribution in [0, 0.1) is 13.8 Å². The second kappa shape index (κ2) is 7.98. The molecular weight excluding hydrogens is 250 g/mol. The van der Waals surface area contributed by atoms with Crippen molar-refractivity contribution in [2.75, 3.05) is 19.0 Å². The van der Waals surface area contributed by atoms with Gasteiger partial charge in [0, 0.05) is 12.3 Å². The van der Waals surface area contributed by atoms with Crippen LogP contribution in [0.2, 0.25) is 0 Å². The molecule has 0 spiro atoms. The Hall–Kier alpha value is -1.22. The predicted molar refractivity (Wildman–Crippen MR) is 74.4 cm³/mol. The molecule has 1 rings (SSSR count). The van der Waals surface area contributed by atoms with E-state index < -0.39 is 0 Å². The number of carbonyl (C=O) groups excluding carboxylic acids is 1. The third kappa shape index (κ3) is 4.96. The molecule has 3 nitrogen and oxygen atoms in total. The number of nitrogens with one attached hydrogen (secondary N) is 1. The lowest BCUT2D eigenvalue weighted by Gasteiger charge is -2.12. The summed E-state index contributed by atoms with van der Waals surface area (Å²) in [5, 5.41) is 2.80. The van der Waals surface area contributed by atoms with Crippen molar-refractivity contribution in [3.8, 4) is 5.75 Å². The molecule has 0 saturated heterocycles. The Balaban J connectivity index is 2.28. The van der Waals surface area contributed by atoms with E-state index in [1.54, 1.807) is 0 Å². The predicted octanol–water partition coefficient (Wildman–Crippen LogP) is 2.82. The highest BCUT2D eigenvalue weighted by Gasteiger charge is 2.03. The second-order valence-corrected chi connectivity index (χ2v) is 4.59. The zero-order chi connectivity index (χ0) is 13.4. The molecule has 0 aliphatic rings. The van der Waals surface area contributed by atoms with Gasteiger partial charge in [-0.25, -0.2) is 0 Å². The summed E-state index contributed by atoms with van der Waals surface area (Å²) in [6.07, 6.45) is 1.19. The first-order valence-corrected chi connectivity index (χ1v) is 6.70. The molecule has 100 valence electrons. The Bertz CT molecular complexity index is 373. The molecule has 0 fully saturated rings. The fourth-order valence-corrected chi connectivity index (χ4v) is 1.82. The van der Waals surface area contributed by atoms with Crippen LogP contribution in [-0.4, -0.2) is 24.9 Å². The Labute approximate surface area is 113 Å². The molecular formula is C14H20ClNO2. The van der Waals surface area contributed by atoms with Gasteiger partial charge in [-0.3, -0.25) is 4.79 Å². The van der Waals surface area contributed by atoms with Gasteiger partial charge in [0.25, 0.3) is 0 Å². The number of aryl methyl sites for hydroxylation is 2. The Morgan fingerprint density at radius 1 is 1.33 bits per heavy atom. The summed E-state index contributed by atoms with van der Waals surface area (Å²) in [6.45, 7) is 5.04. The van der Waals surface area contributed by atoms with E-state index in [1.165, 1.54) is 0 Å². The maximum atomic E-state index is 11.3. The molecule has 0 aromatic heterocycles. The normalized spacial score (nSPS) is 10.2. The average Bonchev–Trinajstić information content (AvgIpc) is 2.35. The number of ether oxygens (including phenoxy) is 1. The van der Waals surface area contributed by atoms with Crippen LogP contribution in [0.5, 0.6) is 5.75 Å². The van der Waals surface area contributed by atoms with Gasteiger partial charge in [0.1, 0.15) is 12.4 Å². The van der Waals surface area contributed by atoms with Gasteiger partial charge in [-0.15, -0.1) is 11.6 Å². The third-order valence-electron chi connectivity index (χ3n) is 2.62. The lowest BCUT2D eigenvalue weighted by Crippen LogP contribution is -2.28. The van der Waals surface area contributed by atoms with Gasteiger partial charge in [-0.2, -0.15) is 0 Å². The summed E-state index contributed by atoms with van der Waals surface area (Å²) in [4.78, 5) is 11.3. The van der Waals surface area contributed by atoms with Crippen LogP contribution in [-0.2, 0) is 4.79 Å². The van der Waals surface area contributed by atoms with Crippen molar-refractivity contribution in [2.45, 2.75) is 26.7 Å². The number of carbonyl (C=O) groups is 1. The minimum absolute atomic E-state index is 0.0285. The van der Waals surface area contributed by atoms with Crippen LogP contribution >= 0.6 is 11.6 Å². The van der Waals surface area contributed by atoms with Crippen LogP contribution in [0.15, 0.2) is 18.2 Å². The number of alkyl halides is 1. The van der Waals surface area contributed by atoms with Gasteiger partial charge in [0.05, 0.1) is 6.54 Å². The molecule has 0 aliphatic carbocycles. The number of hydrogen-bond acceptors (Lipinski definition) is 2. The number of amides is 1. The maximum Gasteiger partial charge on any atom is 0.220 e. The SMILES string of the molecule is Cc1cccc(C)c1OCCNC(=O)CCCCl. The fraction of sp³-hybridized carbons (Fsp3) is 0.500. The van der Waals surface area contributed by atoms with Crippen molar-refractivity contribution in [1.29, 1.82) is 0 Å². The second-order valence-electron chi connectivity index (χ2n) is 4.21. The minimum Gasteiger partial charge on any atom is -0.491 e. The van der Waals surface area contributed by atoms with E-state index in [1.807, 2.05) is 32.0 Å². The van der Waals surface area contributed by atoms with Crippen molar-refractivity contribution in [3.63, 3.8) is 0 Å². The fourth-order valence-electron chi connectivity index (χ4n) is 1.69. The molecule has 0 radical (unpaired) electrons. The highest BCUT2D eigenvalue weighted by Crippen LogP contribution is 2.21. The van der Waals surface area contributed by atoms with Gasteiger partial charge < -0.3 is 10.1 Å². The summed E-state index contributed by atoms with van der Waals surface area (Å²) in [6, 6.07) is 6.04. The highest BCUT2D eigenvalue weighted by atomic mass is 35.5. The lowest BCUT2D eigenvalue weighted by atomic mass is 10.1. The molecule has 1 N–H and O–H groups in total. The van der Waals surface area contributed by atoms with E-state index in [0.29, 0.717) is 31.9 Å². The smallest absolute Gasteiger partial charge is 0.220 e. The summed E-state index contributed by atoms with van der Waals surface area (Å²) < 4.78 is 5.68.